The molecule has 0 aliphatic rings. The van der Waals surface area contributed by atoms with E-state index in [1.807, 2.05) is 0 Å². The molecule has 128 valence electrons. The molecule has 0 spiro atoms. The van der Waals surface area contributed by atoms with Gasteiger partial charge in [-0.15, -0.1) is 0 Å². The van der Waals surface area contributed by atoms with Crippen LogP contribution in [0.4, 0.5) is 10.2 Å². The maximum atomic E-state index is 13.9. The summed E-state index contributed by atoms with van der Waals surface area (Å²) in [5.74, 6) is -0.889. The van der Waals surface area contributed by atoms with E-state index >= 15 is 0 Å². The summed E-state index contributed by atoms with van der Waals surface area (Å²) in [6.45, 7) is 0.321. The van der Waals surface area contributed by atoms with Crippen molar-refractivity contribution in [1.29, 1.82) is 0 Å². The molecule has 1 amide bonds. The lowest BCUT2D eigenvalue weighted by molar-refractivity contribution is 0.102. The van der Waals surface area contributed by atoms with E-state index in [0.717, 1.165) is 11.6 Å². The molecule has 25 heavy (non-hydrogen) atoms. The fourth-order valence-corrected chi connectivity index (χ4v) is 2.86. The Morgan fingerprint density at radius 3 is 2.52 bits per heavy atom. The van der Waals surface area contributed by atoms with Crippen LogP contribution in [0.25, 0.3) is 0 Å². The molecule has 1 N–H and O–H groups in total. The van der Waals surface area contributed by atoms with Crippen molar-refractivity contribution in [3.63, 3.8) is 0 Å². The van der Waals surface area contributed by atoms with Gasteiger partial charge in [0.15, 0.2) is 0 Å². The van der Waals surface area contributed by atoms with Gasteiger partial charge in [-0.1, -0.05) is 40.9 Å². The second kappa shape index (κ2) is 7.44. The van der Waals surface area contributed by atoms with Crippen molar-refractivity contribution in [2.45, 2.75) is 6.54 Å². The van der Waals surface area contributed by atoms with Gasteiger partial charge in [0.25, 0.3) is 5.91 Å². The smallest absolute Gasteiger partial charge is 0.259 e. The van der Waals surface area contributed by atoms with Crippen LogP contribution in [0, 0.1) is 5.82 Å². The second-order valence-corrected chi connectivity index (χ2v) is 6.47. The molecule has 2 aromatic carbocycles. The van der Waals surface area contributed by atoms with E-state index in [1.54, 1.807) is 28.9 Å². The number of carbonyl (C=O) groups is 1. The van der Waals surface area contributed by atoms with Gasteiger partial charge in [0, 0.05) is 21.1 Å². The number of anilines is 1. The molecule has 0 saturated heterocycles. The van der Waals surface area contributed by atoms with E-state index in [1.165, 1.54) is 18.3 Å². The minimum atomic E-state index is -0.697. The Hall–Kier alpha value is -2.08. The summed E-state index contributed by atoms with van der Waals surface area (Å²) in [5, 5.41) is 8.02. The first-order valence-electron chi connectivity index (χ1n) is 7.16. The van der Waals surface area contributed by atoms with E-state index in [0.29, 0.717) is 22.4 Å². The predicted molar refractivity (Wildman–Crippen MR) is 97.2 cm³/mol. The molecule has 0 radical (unpaired) electrons. The zero-order valence-electron chi connectivity index (χ0n) is 12.6. The molecule has 0 unspecified atom stereocenters. The third kappa shape index (κ3) is 4.12. The number of hydrogen-bond donors (Lipinski definition) is 1. The third-order valence-corrected chi connectivity index (χ3v) is 4.29. The van der Waals surface area contributed by atoms with Gasteiger partial charge in [0.1, 0.15) is 11.6 Å². The molecular weight excluding hydrogens is 388 g/mol. The number of halogens is 4. The highest BCUT2D eigenvalue weighted by Gasteiger charge is 2.15. The SMILES string of the molecule is O=C(Nc1ccnn1Cc1ccc(Cl)cc1Cl)c1ccc(Cl)cc1F. The lowest BCUT2D eigenvalue weighted by Crippen LogP contribution is -2.17. The van der Waals surface area contributed by atoms with Crippen molar-refractivity contribution in [3.8, 4) is 0 Å². The standard InChI is InChI=1S/C17H11Cl3FN3O/c18-11-2-1-10(14(20)7-11)9-24-16(5-6-22-24)23-17(25)13-4-3-12(19)8-15(13)21/h1-8H,9H2,(H,23,25). The van der Waals surface area contributed by atoms with Crippen LogP contribution in [0.5, 0.6) is 0 Å². The van der Waals surface area contributed by atoms with Gasteiger partial charge in [0.2, 0.25) is 0 Å². The molecule has 3 rings (SSSR count). The van der Waals surface area contributed by atoms with Crippen molar-refractivity contribution in [2.75, 3.05) is 5.32 Å². The van der Waals surface area contributed by atoms with Crippen LogP contribution in [0.3, 0.4) is 0 Å². The molecule has 3 aromatic rings. The molecule has 4 nitrogen and oxygen atoms in total. The van der Waals surface area contributed by atoms with Crippen LogP contribution >= 0.6 is 34.8 Å². The molecule has 0 atom stereocenters. The van der Waals surface area contributed by atoms with Gasteiger partial charge < -0.3 is 5.32 Å². The Morgan fingerprint density at radius 1 is 1.08 bits per heavy atom. The molecular formula is C17H11Cl3FN3O. The summed E-state index contributed by atoms with van der Waals surface area (Å²) in [7, 11) is 0. The monoisotopic (exact) mass is 397 g/mol. The summed E-state index contributed by atoms with van der Waals surface area (Å²) >= 11 is 17.7. The second-order valence-electron chi connectivity index (χ2n) is 5.19. The largest absolute Gasteiger partial charge is 0.307 e. The summed E-state index contributed by atoms with van der Waals surface area (Å²) in [6.07, 6.45) is 1.53. The maximum absolute atomic E-state index is 13.9. The third-order valence-electron chi connectivity index (χ3n) is 3.47. The molecule has 0 aliphatic carbocycles. The average molecular weight is 399 g/mol. The van der Waals surface area contributed by atoms with Crippen molar-refractivity contribution in [1.82, 2.24) is 9.78 Å². The molecule has 1 aromatic heterocycles. The first-order valence-corrected chi connectivity index (χ1v) is 8.29. The highest BCUT2D eigenvalue weighted by atomic mass is 35.5. The first kappa shape index (κ1) is 17.7. The van der Waals surface area contributed by atoms with E-state index < -0.39 is 11.7 Å². The van der Waals surface area contributed by atoms with Gasteiger partial charge in [-0.3, -0.25) is 4.79 Å². The highest BCUT2D eigenvalue weighted by molar-refractivity contribution is 6.35. The number of nitrogens with one attached hydrogen (secondary N) is 1. The summed E-state index contributed by atoms with van der Waals surface area (Å²) in [5.41, 5.74) is 0.671. The Labute approximate surface area is 158 Å². The molecule has 1 heterocycles. The van der Waals surface area contributed by atoms with Crippen LogP contribution in [0.15, 0.2) is 48.7 Å². The van der Waals surface area contributed by atoms with E-state index in [2.05, 4.69) is 10.4 Å². The van der Waals surface area contributed by atoms with Crippen molar-refractivity contribution in [3.05, 3.63) is 80.7 Å². The van der Waals surface area contributed by atoms with Gasteiger partial charge in [0.05, 0.1) is 18.3 Å². The predicted octanol–water partition coefficient (Wildman–Crippen LogP) is 5.28. The zero-order valence-corrected chi connectivity index (χ0v) is 14.9. The van der Waals surface area contributed by atoms with Gasteiger partial charge in [-0.2, -0.15) is 5.10 Å². The maximum Gasteiger partial charge on any atom is 0.259 e. The Bertz CT molecular complexity index is 943. The molecule has 0 fully saturated rings. The number of benzene rings is 2. The Morgan fingerprint density at radius 2 is 1.80 bits per heavy atom. The Balaban J connectivity index is 1.81. The molecule has 0 aliphatic heterocycles. The van der Waals surface area contributed by atoms with E-state index in [-0.39, 0.29) is 10.6 Å². The lowest BCUT2D eigenvalue weighted by atomic mass is 10.2. The van der Waals surface area contributed by atoms with E-state index in [4.69, 9.17) is 34.8 Å². The summed E-state index contributed by atoms with van der Waals surface area (Å²) in [4.78, 5) is 12.3. The van der Waals surface area contributed by atoms with Crippen LogP contribution in [0.2, 0.25) is 15.1 Å². The first-order chi connectivity index (χ1) is 11.9. The minimum absolute atomic E-state index is 0.110. The van der Waals surface area contributed by atoms with Crippen LogP contribution in [0.1, 0.15) is 15.9 Å². The lowest BCUT2D eigenvalue weighted by Gasteiger charge is -2.11. The molecule has 0 saturated carbocycles. The Kier molecular flexibility index (Phi) is 5.27. The number of rotatable bonds is 4. The van der Waals surface area contributed by atoms with Gasteiger partial charge in [-0.25, -0.2) is 9.07 Å². The molecule has 8 heteroatoms. The molecule has 0 bridgehead atoms. The average Bonchev–Trinajstić information content (AvgIpc) is 2.97. The fraction of sp³-hybridized carbons (Fsp3) is 0.0588. The number of hydrogen-bond acceptors (Lipinski definition) is 2. The normalized spacial score (nSPS) is 10.7. The zero-order chi connectivity index (χ0) is 18.0. The number of aromatic nitrogens is 2. The fourth-order valence-electron chi connectivity index (χ4n) is 2.23. The van der Waals surface area contributed by atoms with Crippen molar-refractivity contribution in [2.24, 2.45) is 0 Å². The van der Waals surface area contributed by atoms with Gasteiger partial charge >= 0.3 is 0 Å². The highest BCUT2D eigenvalue weighted by Crippen LogP contribution is 2.23. The number of nitrogens with zero attached hydrogens (tertiary/aromatic N) is 2. The van der Waals surface area contributed by atoms with E-state index in [9.17, 15) is 9.18 Å². The van der Waals surface area contributed by atoms with Crippen LogP contribution in [-0.2, 0) is 6.54 Å². The van der Waals surface area contributed by atoms with Gasteiger partial charge in [-0.05, 0) is 35.9 Å². The number of carbonyl (C=O) groups excluding carboxylic acids is 1. The summed E-state index contributed by atoms with van der Waals surface area (Å²) in [6, 6.07) is 10.6. The topological polar surface area (TPSA) is 46.9 Å². The minimum Gasteiger partial charge on any atom is -0.307 e. The summed E-state index contributed by atoms with van der Waals surface area (Å²) < 4.78 is 15.4. The number of amides is 1. The van der Waals surface area contributed by atoms with Crippen LogP contribution in [-0.4, -0.2) is 15.7 Å². The van der Waals surface area contributed by atoms with Crippen LogP contribution < -0.4 is 5.32 Å². The van der Waals surface area contributed by atoms with Crippen molar-refractivity contribution >= 4 is 46.5 Å². The quantitative estimate of drug-likeness (QED) is 0.649. The van der Waals surface area contributed by atoms with Crippen molar-refractivity contribution < 1.29 is 9.18 Å².